The average Bonchev–Trinajstić information content (AvgIpc) is 2.84. The number of alkyl carbamates (subject to hydrolysis) is 1. The lowest BCUT2D eigenvalue weighted by Crippen LogP contribution is -2.57. The van der Waals surface area contributed by atoms with Crippen molar-refractivity contribution in [3.63, 3.8) is 0 Å². The van der Waals surface area contributed by atoms with E-state index in [4.69, 9.17) is 19.2 Å². The standard InChI is InChI=1S/C25H44N6O5.H2/c1-6-9-30-10-7-25(19-26,8-11-30)29-21(32)20(18-24(2,3)4)27-22(31-12-14-35-15-13-31)28-23(33)36-17-16-34-5;/h20H,6-18H2,1-5H3,(H,29,32)(H,27,28,33);1H/t20-;/m0./s1. The predicted molar refractivity (Wildman–Crippen MR) is 139 cm³/mol. The number of carbonyl (C=O) groups is 2. The van der Waals surface area contributed by atoms with Crippen molar-refractivity contribution in [2.75, 3.05) is 66.3 Å². The van der Waals surface area contributed by atoms with Crippen LogP contribution in [0, 0.1) is 16.7 Å². The maximum absolute atomic E-state index is 13.6. The number of nitrogens with one attached hydrogen (secondary N) is 2. The summed E-state index contributed by atoms with van der Waals surface area (Å²) in [6.07, 6.45) is 1.98. The molecule has 0 aliphatic carbocycles. The summed E-state index contributed by atoms with van der Waals surface area (Å²) in [6.45, 7) is 13.2. The highest BCUT2D eigenvalue weighted by Crippen LogP contribution is 2.26. The van der Waals surface area contributed by atoms with Crippen molar-refractivity contribution < 1.29 is 25.2 Å². The van der Waals surface area contributed by atoms with E-state index < -0.39 is 17.7 Å². The van der Waals surface area contributed by atoms with Gasteiger partial charge in [-0.05, 0) is 37.6 Å². The summed E-state index contributed by atoms with van der Waals surface area (Å²) in [5.41, 5.74) is -1.14. The number of amides is 2. The van der Waals surface area contributed by atoms with Gasteiger partial charge in [0.05, 0.1) is 25.9 Å². The van der Waals surface area contributed by atoms with Crippen LogP contribution in [0.15, 0.2) is 4.99 Å². The second-order valence-electron chi connectivity index (χ2n) is 10.6. The molecule has 2 saturated heterocycles. The van der Waals surface area contributed by atoms with Crippen LogP contribution in [0.3, 0.4) is 0 Å². The van der Waals surface area contributed by atoms with E-state index in [9.17, 15) is 14.9 Å². The molecule has 0 unspecified atom stereocenters. The maximum Gasteiger partial charge on any atom is 0.414 e. The Bertz CT molecular complexity index is 783. The van der Waals surface area contributed by atoms with Crippen molar-refractivity contribution in [2.45, 2.75) is 65.0 Å². The zero-order valence-corrected chi connectivity index (χ0v) is 22.6. The Morgan fingerprint density at radius 1 is 1.19 bits per heavy atom. The fraction of sp³-hybridized carbons (Fsp3) is 0.840. The first-order valence-corrected chi connectivity index (χ1v) is 12.9. The number of methoxy groups -OCH3 is 1. The van der Waals surface area contributed by atoms with Crippen LogP contribution < -0.4 is 10.6 Å². The molecule has 0 aromatic rings. The average molecular weight is 511 g/mol. The number of aliphatic imine (C=N–C) groups is 1. The Morgan fingerprint density at radius 2 is 1.86 bits per heavy atom. The number of morpholine rings is 1. The predicted octanol–water partition coefficient (Wildman–Crippen LogP) is 1.98. The summed E-state index contributed by atoms with van der Waals surface area (Å²) in [7, 11) is 1.53. The molecule has 11 nitrogen and oxygen atoms in total. The van der Waals surface area contributed by atoms with E-state index in [1.165, 1.54) is 7.11 Å². The summed E-state index contributed by atoms with van der Waals surface area (Å²) in [4.78, 5) is 35.0. The molecule has 2 heterocycles. The summed E-state index contributed by atoms with van der Waals surface area (Å²) >= 11 is 0. The van der Waals surface area contributed by atoms with Crippen LogP contribution in [0.5, 0.6) is 0 Å². The van der Waals surface area contributed by atoms with E-state index in [2.05, 4.69) is 28.5 Å². The highest BCUT2D eigenvalue weighted by atomic mass is 16.6. The highest BCUT2D eigenvalue weighted by Gasteiger charge is 2.38. The molecule has 2 amide bonds. The Labute approximate surface area is 217 Å². The van der Waals surface area contributed by atoms with Gasteiger partial charge in [-0.15, -0.1) is 0 Å². The van der Waals surface area contributed by atoms with Crippen LogP contribution >= 0.6 is 0 Å². The Morgan fingerprint density at radius 3 is 2.42 bits per heavy atom. The van der Waals surface area contributed by atoms with Crippen LogP contribution in [-0.2, 0) is 19.0 Å². The number of hydrogen-bond donors (Lipinski definition) is 2. The Kier molecular flexibility index (Phi) is 11.9. The van der Waals surface area contributed by atoms with Crippen molar-refractivity contribution in [3.05, 3.63) is 0 Å². The van der Waals surface area contributed by atoms with E-state index in [-0.39, 0.29) is 31.9 Å². The number of nitrogens with zero attached hydrogens (tertiary/aromatic N) is 4. The third kappa shape index (κ3) is 9.91. The van der Waals surface area contributed by atoms with Crippen molar-refractivity contribution >= 4 is 18.0 Å². The highest BCUT2D eigenvalue weighted by molar-refractivity contribution is 5.96. The van der Waals surface area contributed by atoms with Crippen molar-refractivity contribution in [3.8, 4) is 6.07 Å². The molecule has 11 heteroatoms. The third-order valence-corrected chi connectivity index (χ3v) is 6.26. The van der Waals surface area contributed by atoms with Gasteiger partial charge in [0.1, 0.15) is 18.2 Å². The number of carbonyl (C=O) groups excluding carboxylic acids is 2. The van der Waals surface area contributed by atoms with Gasteiger partial charge in [0.25, 0.3) is 0 Å². The van der Waals surface area contributed by atoms with Gasteiger partial charge in [0.15, 0.2) is 0 Å². The Balaban J connectivity index is 0.00000684. The molecule has 206 valence electrons. The van der Waals surface area contributed by atoms with Crippen LogP contribution in [0.4, 0.5) is 4.79 Å². The van der Waals surface area contributed by atoms with Crippen LogP contribution in [0.1, 0.15) is 54.8 Å². The fourth-order valence-corrected chi connectivity index (χ4v) is 4.30. The Hall–Kier alpha value is -2.42. The normalized spacial score (nSPS) is 19.8. The number of piperidine rings is 1. The monoisotopic (exact) mass is 510 g/mol. The zero-order valence-electron chi connectivity index (χ0n) is 22.6. The molecular weight excluding hydrogens is 464 g/mol. The molecule has 2 aliphatic rings. The molecule has 0 radical (unpaired) electrons. The molecule has 0 spiro atoms. The van der Waals surface area contributed by atoms with E-state index in [0.29, 0.717) is 45.6 Å². The van der Waals surface area contributed by atoms with Crippen LogP contribution in [-0.4, -0.2) is 106 Å². The minimum Gasteiger partial charge on any atom is -0.447 e. The van der Waals surface area contributed by atoms with Crippen molar-refractivity contribution in [1.82, 2.24) is 20.4 Å². The number of ether oxygens (including phenoxy) is 3. The second kappa shape index (κ2) is 14.4. The minimum atomic E-state index is -0.918. The number of guanidine groups is 1. The fourth-order valence-electron chi connectivity index (χ4n) is 4.30. The van der Waals surface area contributed by atoms with E-state index in [0.717, 1.165) is 26.1 Å². The first-order valence-electron chi connectivity index (χ1n) is 12.9. The number of likely N-dealkylation sites (tertiary alicyclic amines) is 1. The molecule has 0 aromatic carbocycles. The zero-order chi connectivity index (χ0) is 26.6. The third-order valence-electron chi connectivity index (χ3n) is 6.26. The molecular formula is C25H46N6O5. The summed E-state index contributed by atoms with van der Waals surface area (Å²) in [6, 6.07) is 1.58. The molecule has 2 fully saturated rings. The molecule has 0 bridgehead atoms. The van der Waals surface area contributed by atoms with Gasteiger partial charge in [0, 0.05) is 34.7 Å². The maximum atomic E-state index is 13.6. The minimum absolute atomic E-state index is 0. The van der Waals surface area contributed by atoms with Gasteiger partial charge in [-0.25, -0.2) is 9.79 Å². The molecule has 0 aromatic heterocycles. The van der Waals surface area contributed by atoms with E-state index >= 15 is 0 Å². The topological polar surface area (TPSA) is 129 Å². The molecule has 2 N–H and O–H groups in total. The number of rotatable bonds is 9. The first-order chi connectivity index (χ1) is 17.1. The van der Waals surface area contributed by atoms with Gasteiger partial charge in [-0.2, -0.15) is 5.26 Å². The molecule has 0 saturated carbocycles. The number of nitriles is 1. The number of hydrogen-bond acceptors (Lipinski definition) is 8. The van der Waals surface area contributed by atoms with E-state index in [1.54, 1.807) is 0 Å². The lowest BCUT2D eigenvalue weighted by Gasteiger charge is -2.38. The van der Waals surface area contributed by atoms with E-state index in [1.807, 2.05) is 25.7 Å². The van der Waals surface area contributed by atoms with Gasteiger partial charge < -0.3 is 29.3 Å². The van der Waals surface area contributed by atoms with Crippen LogP contribution in [0.2, 0.25) is 0 Å². The quantitative estimate of drug-likeness (QED) is 0.274. The largest absolute Gasteiger partial charge is 0.447 e. The lowest BCUT2D eigenvalue weighted by molar-refractivity contribution is -0.124. The second-order valence-corrected chi connectivity index (χ2v) is 10.6. The first kappa shape index (κ1) is 29.8. The summed E-state index contributed by atoms with van der Waals surface area (Å²) in [5.74, 6) is -0.0374. The smallest absolute Gasteiger partial charge is 0.414 e. The van der Waals surface area contributed by atoms with Gasteiger partial charge in [0.2, 0.25) is 11.9 Å². The summed E-state index contributed by atoms with van der Waals surface area (Å²) in [5, 5.41) is 15.8. The van der Waals surface area contributed by atoms with Gasteiger partial charge in [-0.1, -0.05) is 27.7 Å². The van der Waals surface area contributed by atoms with Crippen molar-refractivity contribution in [2.24, 2.45) is 10.4 Å². The molecule has 36 heavy (non-hydrogen) atoms. The molecule has 2 rings (SSSR count). The SMILES string of the molecule is CCCN1CCC(C#N)(NC(=O)[C@H](CC(C)(C)C)N=C(NC(=O)OCCOC)N2CCOCC2)CC1.[HH]. The molecule has 2 aliphatic heterocycles. The summed E-state index contributed by atoms with van der Waals surface area (Å²) < 4.78 is 15.5. The van der Waals surface area contributed by atoms with Crippen LogP contribution in [0.25, 0.3) is 0 Å². The van der Waals surface area contributed by atoms with Gasteiger partial charge >= 0.3 is 6.09 Å². The lowest BCUT2D eigenvalue weighted by atomic mass is 9.85. The van der Waals surface area contributed by atoms with Crippen molar-refractivity contribution in [1.29, 1.82) is 5.26 Å². The molecule has 1 atom stereocenters. The van der Waals surface area contributed by atoms with Gasteiger partial charge in [-0.3, -0.25) is 10.1 Å².